The van der Waals surface area contributed by atoms with Crippen LogP contribution >= 0.6 is 22.9 Å². The number of alkyl halides is 6. The molecular formula is C14H7ClF6O2S. The zero-order valence-electron chi connectivity index (χ0n) is 11.5. The van der Waals surface area contributed by atoms with Gasteiger partial charge in [0, 0.05) is 10.6 Å². The maximum Gasteiger partial charge on any atom is 0.426 e. The molecule has 1 heterocycles. The highest BCUT2D eigenvalue weighted by Gasteiger charge is 2.38. The van der Waals surface area contributed by atoms with Gasteiger partial charge < -0.3 is 4.74 Å². The molecule has 0 aliphatic carbocycles. The number of ether oxygens (including phenoxy) is 1. The van der Waals surface area contributed by atoms with Gasteiger partial charge in [-0.15, -0.1) is 11.3 Å². The van der Waals surface area contributed by atoms with E-state index in [1.54, 1.807) is 0 Å². The second-order valence-electron chi connectivity index (χ2n) is 4.55. The average Bonchev–Trinajstić information content (AvgIpc) is 2.90. The van der Waals surface area contributed by atoms with Crippen LogP contribution in [0.15, 0.2) is 30.3 Å². The molecule has 0 spiro atoms. The van der Waals surface area contributed by atoms with E-state index in [0.29, 0.717) is 5.02 Å². The molecule has 0 saturated carbocycles. The van der Waals surface area contributed by atoms with Gasteiger partial charge in [0.25, 0.3) is 0 Å². The first-order chi connectivity index (χ1) is 11.0. The van der Waals surface area contributed by atoms with Crippen LogP contribution in [-0.4, -0.2) is 18.8 Å². The third-order valence-electron chi connectivity index (χ3n) is 2.71. The fraction of sp³-hybridized carbons (Fsp3) is 0.214. The van der Waals surface area contributed by atoms with Crippen LogP contribution in [0.3, 0.4) is 0 Å². The van der Waals surface area contributed by atoms with Crippen molar-refractivity contribution in [2.24, 2.45) is 0 Å². The van der Waals surface area contributed by atoms with Crippen molar-refractivity contribution in [3.63, 3.8) is 0 Å². The molecule has 0 radical (unpaired) electrons. The molecule has 2 rings (SSSR count). The zero-order valence-corrected chi connectivity index (χ0v) is 13.0. The summed E-state index contributed by atoms with van der Waals surface area (Å²) in [5.74, 6) is -1.47. The summed E-state index contributed by atoms with van der Waals surface area (Å²) in [5, 5.41) is 0.298. The summed E-state index contributed by atoms with van der Waals surface area (Å²) in [4.78, 5) is 9.89. The smallest absolute Gasteiger partial charge is 0.426 e. The Labute approximate surface area is 140 Å². The van der Waals surface area contributed by atoms with Gasteiger partial charge in [-0.2, -0.15) is 26.3 Å². The number of thiophene rings is 1. The molecule has 2 nitrogen and oxygen atoms in total. The lowest BCUT2D eigenvalue weighted by molar-refractivity contribution is -0.161. The normalized spacial score (nSPS) is 12.3. The molecule has 0 N–H and O–H groups in total. The highest BCUT2D eigenvalue weighted by molar-refractivity contribution is 7.14. The van der Waals surface area contributed by atoms with Crippen LogP contribution in [0.5, 0.6) is 0 Å². The molecule has 24 heavy (non-hydrogen) atoms. The number of esters is 1. The molecule has 0 unspecified atom stereocenters. The molecule has 0 amide bonds. The van der Waals surface area contributed by atoms with Crippen molar-refractivity contribution in [3.05, 3.63) is 45.1 Å². The van der Waals surface area contributed by atoms with Crippen LogP contribution < -0.4 is 0 Å². The van der Waals surface area contributed by atoms with Crippen molar-refractivity contribution >= 4 is 28.9 Å². The lowest BCUT2D eigenvalue weighted by atomic mass is 10.1. The summed E-state index contributed by atoms with van der Waals surface area (Å²) in [6, 6.07) is 6.19. The number of benzene rings is 1. The van der Waals surface area contributed by atoms with E-state index in [1.807, 2.05) is 0 Å². The fourth-order valence-corrected chi connectivity index (χ4v) is 2.83. The number of rotatable bonds is 3. The summed E-state index contributed by atoms with van der Waals surface area (Å²) >= 11 is 5.69. The largest absolute Gasteiger partial charge is 0.452 e. The highest BCUT2D eigenvalue weighted by atomic mass is 35.5. The number of halogens is 7. The van der Waals surface area contributed by atoms with E-state index < -0.39 is 34.7 Å². The van der Waals surface area contributed by atoms with Gasteiger partial charge in [0.2, 0.25) is 0 Å². The minimum Gasteiger partial charge on any atom is -0.452 e. The molecule has 10 heteroatoms. The molecule has 1 aromatic heterocycles. The quantitative estimate of drug-likeness (QED) is 0.490. The lowest BCUT2D eigenvalue weighted by Gasteiger charge is -2.07. The summed E-state index contributed by atoms with van der Waals surface area (Å²) in [6.45, 7) is -1.87. The standard InChI is InChI=1S/C14H7ClF6O2S/c15-8-3-1-7(2-4-8)9-5-10(24-11(9)14(19,20)21)12(22)23-6-13(16,17)18/h1-5H,6H2. The van der Waals surface area contributed by atoms with Gasteiger partial charge in [0.15, 0.2) is 6.61 Å². The zero-order chi connectivity index (χ0) is 18.1. The van der Waals surface area contributed by atoms with Crippen molar-refractivity contribution in [3.8, 4) is 11.1 Å². The van der Waals surface area contributed by atoms with Gasteiger partial charge >= 0.3 is 18.3 Å². The molecule has 0 aliphatic rings. The van der Waals surface area contributed by atoms with Gasteiger partial charge in [0.05, 0.1) is 0 Å². The number of hydrogen-bond donors (Lipinski definition) is 0. The Balaban J connectivity index is 2.39. The summed E-state index contributed by atoms with van der Waals surface area (Å²) in [7, 11) is 0. The molecule has 130 valence electrons. The Hall–Kier alpha value is -1.74. The molecule has 0 atom stereocenters. The molecule has 1 aromatic carbocycles. The van der Waals surface area contributed by atoms with Crippen molar-refractivity contribution in [2.45, 2.75) is 12.4 Å². The maximum absolute atomic E-state index is 13.1. The van der Waals surface area contributed by atoms with E-state index in [4.69, 9.17) is 11.6 Å². The molecule has 0 saturated heterocycles. The minimum absolute atomic E-state index is 0.0243. The number of carbonyl (C=O) groups excluding carboxylic acids is 1. The Morgan fingerprint density at radius 3 is 2.17 bits per heavy atom. The Bertz CT molecular complexity index is 733. The van der Waals surface area contributed by atoms with Gasteiger partial charge in [-0.25, -0.2) is 4.79 Å². The van der Waals surface area contributed by atoms with Crippen LogP contribution in [-0.2, 0) is 10.9 Å². The van der Waals surface area contributed by atoms with Gasteiger partial charge in [-0.1, -0.05) is 23.7 Å². The van der Waals surface area contributed by atoms with Gasteiger partial charge in [-0.05, 0) is 23.8 Å². The number of hydrogen-bond acceptors (Lipinski definition) is 3. The molecule has 0 bridgehead atoms. The number of carbonyl (C=O) groups is 1. The van der Waals surface area contributed by atoms with Crippen LogP contribution in [0.2, 0.25) is 5.02 Å². The molecule has 0 aliphatic heterocycles. The fourth-order valence-electron chi connectivity index (χ4n) is 1.76. The van der Waals surface area contributed by atoms with E-state index >= 15 is 0 Å². The SMILES string of the molecule is O=C(OCC(F)(F)F)c1cc(-c2ccc(Cl)cc2)c(C(F)(F)F)s1. The van der Waals surface area contributed by atoms with E-state index in [1.165, 1.54) is 24.3 Å². The van der Waals surface area contributed by atoms with E-state index in [-0.39, 0.29) is 22.5 Å². The topological polar surface area (TPSA) is 26.3 Å². The summed E-state index contributed by atoms with van der Waals surface area (Å²) < 4.78 is 79.5. The van der Waals surface area contributed by atoms with Crippen molar-refractivity contribution in [1.82, 2.24) is 0 Å². The van der Waals surface area contributed by atoms with Gasteiger partial charge in [-0.3, -0.25) is 0 Å². The summed E-state index contributed by atoms with van der Waals surface area (Å²) in [5.41, 5.74) is -0.207. The molecule has 2 aromatic rings. The Morgan fingerprint density at radius 2 is 1.67 bits per heavy atom. The Morgan fingerprint density at radius 1 is 1.08 bits per heavy atom. The first kappa shape index (κ1) is 18.6. The van der Waals surface area contributed by atoms with Crippen LogP contribution in [0.4, 0.5) is 26.3 Å². The van der Waals surface area contributed by atoms with Crippen LogP contribution in [0.1, 0.15) is 14.5 Å². The van der Waals surface area contributed by atoms with Crippen molar-refractivity contribution in [2.75, 3.05) is 6.61 Å². The lowest BCUT2D eigenvalue weighted by Crippen LogP contribution is -2.19. The average molecular weight is 389 g/mol. The van der Waals surface area contributed by atoms with Crippen LogP contribution in [0.25, 0.3) is 11.1 Å². The first-order valence-corrected chi connectivity index (χ1v) is 7.37. The molecular weight excluding hydrogens is 382 g/mol. The van der Waals surface area contributed by atoms with E-state index in [9.17, 15) is 31.1 Å². The summed E-state index contributed by atoms with van der Waals surface area (Å²) in [6.07, 6.45) is -9.54. The van der Waals surface area contributed by atoms with E-state index in [2.05, 4.69) is 4.74 Å². The minimum atomic E-state index is -4.78. The molecule has 0 fully saturated rings. The predicted octanol–water partition coefficient (Wildman–Crippen LogP) is 5.81. The van der Waals surface area contributed by atoms with Gasteiger partial charge in [0.1, 0.15) is 9.75 Å². The monoisotopic (exact) mass is 388 g/mol. The van der Waals surface area contributed by atoms with Crippen molar-refractivity contribution in [1.29, 1.82) is 0 Å². The first-order valence-electron chi connectivity index (χ1n) is 6.18. The van der Waals surface area contributed by atoms with Crippen molar-refractivity contribution < 1.29 is 35.9 Å². The maximum atomic E-state index is 13.1. The highest BCUT2D eigenvalue weighted by Crippen LogP contribution is 2.43. The second-order valence-corrected chi connectivity index (χ2v) is 6.04. The second kappa shape index (κ2) is 6.64. The predicted molar refractivity (Wildman–Crippen MR) is 76.1 cm³/mol. The Kier molecular flexibility index (Phi) is 5.14. The third kappa shape index (κ3) is 4.64. The van der Waals surface area contributed by atoms with Crippen LogP contribution in [0, 0.1) is 0 Å². The van der Waals surface area contributed by atoms with E-state index in [0.717, 1.165) is 6.07 Å². The third-order valence-corrected chi connectivity index (χ3v) is 4.12.